The van der Waals surface area contributed by atoms with Crippen LogP contribution in [0.3, 0.4) is 0 Å². The molecule has 4 aromatic rings. The maximum atomic E-state index is 12.4. The third kappa shape index (κ3) is 2.88. The van der Waals surface area contributed by atoms with E-state index in [1.54, 1.807) is 31.2 Å². The standard InChI is InChI=1S/C16H12N8O4/c1-8-12(19-23-24(8)15-14(17)21-28-22-15)16(26)20-18-6-9-7-27-11-5-3-2-4-10(11)13(9)25/h2-7H,1H3,(H2,17,21)(H,20,26). The highest BCUT2D eigenvalue weighted by Gasteiger charge is 2.20. The van der Waals surface area contributed by atoms with Gasteiger partial charge in [0.2, 0.25) is 17.1 Å². The lowest BCUT2D eigenvalue weighted by Gasteiger charge is -1.99. The molecule has 4 rings (SSSR count). The van der Waals surface area contributed by atoms with E-state index in [9.17, 15) is 9.59 Å². The predicted molar refractivity (Wildman–Crippen MR) is 95.9 cm³/mol. The number of amides is 1. The summed E-state index contributed by atoms with van der Waals surface area (Å²) >= 11 is 0. The van der Waals surface area contributed by atoms with E-state index in [0.717, 1.165) is 0 Å². The van der Waals surface area contributed by atoms with Crippen molar-refractivity contribution in [3.63, 3.8) is 0 Å². The second-order valence-electron chi connectivity index (χ2n) is 5.62. The molecule has 3 N–H and O–H groups in total. The Morgan fingerprint density at radius 1 is 1.32 bits per heavy atom. The Kier molecular flexibility index (Phi) is 4.12. The van der Waals surface area contributed by atoms with Gasteiger partial charge in [-0.25, -0.2) is 10.1 Å². The fourth-order valence-corrected chi connectivity index (χ4v) is 2.47. The van der Waals surface area contributed by atoms with Crippen molar-refractivity contribution in [2.75, 3.05) is 5.73 Å². The van der Waals surface area contributed by atoms with Crippen LogP contribution in [0.25, 0.3) is 16.8 Å². The highest BCUT2D eigenvalue weighted by molar-refractivity contribution is 5.94. The number of anilines is 1. The molecule has 0 saturated heterocycles. The van der Waals surface area contributed by atoms with Gasteiger partial charge < -0.3 is 10.2 Å². The minimum atomic E-state index is -0.639. The normalized spacial score (nSPS) is 11.3. The van der Waals surface area contributed by atoms with Crippen LogP contribution in [0.2, 0.25) is 0 Å². The van der Waals surface area contributed by atoms with Crippen molar-refractivity contribution in [2.45, 2.75) is 6.92 Å². The van der Waals surface area contributed by atoms with E-state index in [-0.39, 0.29) is 28.3 Å². The topological polar surface area (TPSA) is 167 Å². The summed E-state index contributed by atoms with van der Waals surface area (Å²) in [6.45, 7) is 1.59. The molecule has 0 bridgehead atoms. The van der Waals surface area contributed by atoms with Crippen LogP contribution in [0.4, 0.5) is 5.82 Å². The van der Waals surface area contributed by atoms with Gasteiger partial charge in [0.15, 0.2) is 5.69 Å². The number of nitrogens with one attached hydrogen (secondary N) is 1. The molecular weight excluding hydrogens is 368 g/mol. The summed E-state index contributed by atoms with van der Waals surface area (Å²) in [6, 6.07) is 6.81. The number of aromatic nitrogens is 5. The number of carbonyl (C=O) groups is 1. The zero-order valence-corrected chi connectivity index (χ0v) is 14.4. The average molecular weight is 380 g/mol. The van der Waals surface area contributed by atoms with Crippen LogP contribution in [-0.2, 0) is 0 Å². The smallest absolute Gasteiger partial charge is 0.293 e. The lowest BCUT2D eigenvalue weighted by molar-refractivity contribution is 0.0949. The molecule has 12 nitrogen and oxygen atoms in total. The number of nitrogens with two attached hydrogens (primary N) is 1. The van der Waals surface area contributed by atoms with Gasteiger partial charge in [-0.1, -0.05) is 17.3 Å². The molecule has 0 aliphatic heterocycles. The van der Waals surface area contributed by atoms with Crippen molar-refractivity contribution in [3.8, 4) is 5.82 Å². The van der Waals surface area contributed by atoms with Crippen LogP contribution in [-0.4, -0.2) is 37.4 Å². The van der Waals surface area contributed by atoms with Crippen molar-refractivity contribution in [2.24, 2.45) is 5.10 Å². The molecule has 0 aliphatic rings. The van der Waals surface area contributed by atoms with Crippen molar-refractivity contribution < 1.29 is 13.8 Å². The number of nitrogen functional groups attached to an aromatic ring is 1. The summed E-state index contributed by atoms with van der Waals surface area (Å²) in [5.74, 6) is -0.525. The first kappa shape index (κ1) is 17.1. The first-order chi connectivity index (χ1) is 13.6. The van der Waals surface area contributed by atoms with Gasteiger partial charge in [0.05, 0.1) is 22.9 Å². The summed E-state index contributed by atoms with van der Waals surface area (Å²) in [4.78, 5) is 24.7. The Morgan fingerprint density at radius 2 is 2.14 bits per heavy atom. The molecule has 1 aromatic carbocycles. The van der Waals surface area contributed by atoms with Gasteiger partial charge in [0.1, 0.15) is 11.8 Å². The molecule has 0 atom stereocenters. The van der Waals surface area contributed by atoms with Crippen molar-refractivity contribution in [1.82, 2.24) is 30.7 Å². The zero-order chi connectivity index (χ0) is 19.7. The van der Waals surface area contributed by atoms with E-state index in [1.807, 2.05) is 0 Å². The third-order valence-corrected chi connectivity index (χ3v) is 3.88. The quantitative estimate of drug-likeness (QED) is 0.376. The fourth-order valence-electron chi connectivity index (χ4n) is 2.47. The van der Waals surface area contributed by atoms with Gasteiger partial charge in [-0.15, -0.1) is 5.10 Å². The molecule has 0 aliphatic carbocycles. The van der Waals surface area contributed by atoms with Crippen LogP contribution in [0.5, 0.6) is 0 Å². The average Bonchev–Trinajstić information content (AvgIpc) is 3.28. The Labute approximate surface area is 155 Å². The summed E-state index contributed by atoms with van der Waals surface area (Å²) in [6.07, 6.45) is 2.46. The largest absolute Gasteiger partial charge is 0.463 e. The van der Waals surface area contributed by atoms with Crippen LogP contribution in [0.15, 0.2) is 49.5 Å². The molecule has 28 heavy (non-hydrogen) atoms. The van der Waals surface area contributed by atoms with Crippen LogP contribution in [0.1, 0.15) is 21.7 Å². The van der Waals surface area contributed by atoms with Crippen LogP contribution in [0, 0.1) is 6.92 Å². The maximum absolute atomic E-state index is 12.4. The number of hydrazone groups is 1. The number of para-hydroxylation sites is 1. The molecule has 0 fully saturated rings. The van der Waals surface area contributed by atoms with Gasteiger partial charge in [-0.2, -0.15) is 9.78 Å². The van der Waals surface area contributed by atoms with E-state index in [0.29, 0.717) is 16.7 Å². The first-order valence-corrected chi connectivity index (χ1v) is 7.91. The number of hydrogen-bond donors (Lipinski definition) is 2. The van der Waals surface area contributed by atoms with Gasteiger partial charge >= 0.3 is 0 Å². The molecule has 0 spiro atoms. The first-order valence-electron chi connectivity index (χ1n) is 7.91. The SMILES string of the molecule is Cc1c(C(=O)NN=Cc2coc3ccccc3c2=O)nnn1-c1nonc1N. The number of nitrogens with zero attached hydrogens (tertiary/aromatic N) is 6. The van der Waals surface area contributed by atoms with Crippen molar-refractivity contribution in [3.05, 3.63) is 57.7 Å². The van der Waals surface area contributed by atoms with Gasteiger partial charge in [0, 0.05) is 0 Å². The highest BCUT2D eigenvalue weighted by Crippen LogP contribution is 2.14. The Hall–Kier alpha value is -4.35. The molecule has 12 heteroatoms. The summed E-state index contributed by atoms with van der Waals surface area (Å²) in [5.41, 5.74) is 8.60. The minimum absolute atomic E-state index is 0.000934. The van der Waals surface area contributed by atoms with Crippen LogP contribution >= 0.6 is 0 Å². The summed E-state index contributed by atoms with van der Waals surface area (Å²) < 4.78 is 11.1. The number of carbonyl (C=O) groups excluding carboxylic acids is 1. The monoisotopic (exact) mass is 380 g/mol. The van der Waals surface area contributed by atoms with Crippen LogP contribution < -0.4 is 16.6 Å². The number of rotatable bonds is 4. The number of hydrogen-bond acceptors (Lipinski definition) is 10. The molecule has 1 amide bonds. The van der Waals surface area contributed by atoms with Gasteiger partial charge in [-0.3, -0.25) is 9.59 Å². The Bertz CT molecular complexity index is 1270. The molecule has 140 valence electrons. The van der Waals surface area contributed by atoms with E-state index in [1.165, 1.54) is 17.2 Å². The third-order valence-electron chi connectivity index (χ3n) is 3.88. The van der Waals surface area contributed by atoms with Gasteiger partial charge in [0.25, 0.3) is 5.91 Å². The summed E-state index contributed by atoms with van der Waals surface area (Å²) in [5, 5.41) is 18.8. The predicted octanol–water partition coefficient (Wildman–Crippen LogP) is 0.411. The molecule has 0 radical (unpaired) electrons. The zero-order valence-electron chi connectivity index (χ0n) is 14.4. The van der Waals surface area contributed by atoms with Crippen molar-refractivity contribution >= 4 is 28.9 Å². The molecule has 3 aromatic heterocycles. The molecule has 0 unspecified atom stereocenters. The molecule has 3 heterocycles. The number of benzene rings is 1. The van der Waals surface area contributed by atoms with E-state index < -0.39 is 5.91 Å². The highest BCUT2D eigenvalue weighted by atomic mass is 16.6. The lowest BCUT2D eigenvalue weighted by Crippen LogP contribution is -2.20. The molecule has 0 saturated carbocycles. The van der Waals surface area contributed by atoms with Gasteiger partial charge in [-0.05, 0) is 29.4 Å². The molecular formula is C16H12N8O4. The lowest BCUT2D eigenvalue weighted by atomic mass is 10.2. The second-order valence-corrected chi connectivity index (χ2v) is 5.62. The summed E-state index contributed by atoms with van der Waals surface area (Å²) in [7, 11) is 0. The van der Waals surface area contributed by atoms with E-state index in [2.05, 4.69) is 35.8 Å². The fraction of sp³-hybridized carbons (Fsp3) is 0.0625. The second kappa shape index (κ2) is 6.75. The van der Waals surface area contributed by atoms with Crippen molar-refractivity contribution in [1.29, 1.82) is 0 Å². The number of fused-ring (bicyclic) bond motifs is 1. The van der Waals surface area contributed by atoms with E-state index in [4.69, 9.17) is 10.2 Å². The Balaban J connectivity index is 1.54. The Morgan fingerprint density at radius 3 is 2.93 bits per heavy atom. The minimum Gasteiger partial charge on any atom is -0.463 e. The van der Waals surface area contributed by atoms with E-state index >= 15 is 0 Å². The maximum Gasteiger partial charge on any atom is 0.293 e.